The first kappa shape index (κ1) is 24.1. The van der Waals surface area contributed by atoms with Crippen LogP contribution in [0.2, 0.25) is 0 Å². The molecule has 6 heteroatoms. The lowest BCUT2D eigenvalue weighted by Crippen LogP contribution is -2.14. The number of fused-ring (bicyclic) bond motifs is 1. The Labute approximate surface area is 205 Å². The lowest BCUT2D eigenvalue weighted by Gasteiger charge is -2.27. The van der Waals surface area contributed by atoms with Crippen LogP contribution >= 0.6 is 0 Å². The number of carbonyl (C=O) groups is 1. The Balaban J connectivity index is 1.79. The second kappa shape index (κ2) is 10.5. The molecule has 1 aromatic heterocycles. The van der Waals surface area contributed by atoms with E-state index in [0.29, 0.717) is 22.9 Å². The monoisotopic (exact) mass is 470 g/mol. The molecule has 0 saturated heterocycles. The van der Waals surface area contributed by atoms with Crippen molar-refractivity contribution in [1.82, 2.24) is 4.98 Å². The molecule has 1 aliphatic heterocycles. The fourth-order valence-electron chi connectivity index (χ4n) is 4.18. The summed E-state index contributed by atoms with van der Waals surface area (Å²) in [5.74, 6) is 1.12. The molecule has 0 spiro atoms. The number of para-hydroxylation sites is 1. The van der Waals surface area contributed by atoms with Crippen LogP contribution in [0.4, 0.5) is 5.69 Å². The van der Waals surface area contributed by atoms with Gasteiger partial charge in [-0.05, 0) is 61.7 Å². The summed E-state index contributed by atoms with van der Waals surface area (Å²) in [5.41, 5.74) is 5.60. The molecule has 2 aromatic carbocycles. The van der Waals surface area contributed by atoms with E-state index in [4.69, 9.17) is 9.47 Å². The summed E-state index contributed by atoms with van der Waals surface area (Å²) < 4.78 is 11.9. The topological polar surface area (TPSA) is 80.7 Å². The summed E-state index contributed by atoms with van der Waals surface area (Å²) in [7, 11) is 1.63. The van der Waals surface area contributed by atoms with Gasteiger partial charge < -0.3 is 19.9 Å². The lowest BCUT2D eigenvalue weighted by molar-refractivity contribution is 0.0698. The van der Waals surface area contributed by atoms with Gasteiger partial charge in [0.1, 0.15) is 17.2 Å². The first-order chi connectivity index (χ1) is 16.9. The summed E-state index contributed by atoms with van der Waals surface area (Å²) >= 11 is 0. The summed E-state index contributed by atoms with van der Waals surface area (Å²) in [6, 6.07) is 14.6. The van der Waals surface area contributed by atoms with Gasteiger partial charge in [0.25, 0.3) is 0 Å². The van der Waals surface area contributed by atoms with Crippen LogP contribution in [0.15, 0.2) is 66.9 Å². The number of anilines is 1. The molecule has 6 nitrogen and oxygen atoms in total. The van der Waals surface area contributed by atoms with Gasteiger partial charge in [-0.15, -0.1) is 0 Å². The van der Waals surface area contributed by atoms with Gasteiger partial charge in [-0.1, -0.05) is 37.6 Å². The maximum Gasteiger partial charge on any atom is 0.337 e. The van der Waals surface area contributed by atoms with E-state index in [1.165, 1.54) is 0 Å². The van der Waals surface area contributed by atoms with Crippen molar-refractivity contribution < 1.29 is 19.4 Å². The zero-order chi connectivity index (χ0) is 24.9. The molecular weight excluding hydrogens is 440 g/mol. The van der Waals surface area contributed by atoms with Crippen LogP contribution in [0.5, 0.6) is 11.5 Å². The molecule has 2 N–H and O–H groups in total. The van der Waals surface area contributed by atoms with E-state index < -0.39 is 5.97 Å². The maximum atomic E-state index is 11.7. The quantitative estimate of drug-likeness (QED) is 0.373. The number of rotatable bonds is 8. The van der Waals surface area contributed by atoms with Crippen LogP contribution in [0.1, 0.15) is 65.5 Å². The molecule has 0 radical (unpaired) electrons. The van der Waals surface area contributed by atoms with Gasteiger partial charge in [0, 0.05) is 29.1 Å². The van der Waals surface area contributed by atoms with E-state index in [9.17, 15) is 9.90 Å². The summed E-state index contributed by atoms with van der Waals surface area (Å²) in [6.07, 6.45) is 7.92. The van der Waals surface area contributed by atoms with Crippen LogP contribution < -0.4 is 14.8 Å². The standard InChI is InChI=1S/C29H30N2O4/c1-5-6-9-20-16-27(26-17-21(34-4)12-13-30-26)35-28-23(14-18(2)15-24(20)28)19(3)31-25-11-8-7-10-22(25)29(32)33/h7-17,19,31H,5-6H2,1-4H3,(H,32,33). The molecule has 1 aliphatic rings. The second-order valence-electron chi connectivity index (χ2n) is 8.59. The Hall–Kier alpha value is -4.06. The fraction of sp³-hybridized carbons (Fsp3) is 0.241. The molecule has 2 heterocycles. The Morgan fingerprint density at radius 3 is 2.77 bits per heavy atom. The largest absolute Gasteiger partial charge is 0.497 e. The van der Waals surface area contributed by atoms with Crippen LogP contribution in [0.3, 0.4) is 0 Å². The highest BCUT2D eigenvalue weighted by molar-refractivity contribution is 5.94. The molecule has 0 bridgehead atoms. The van der Waals surface area contributed by atoms with E-state index in [0.717, 1.165) is 40.9 Å². The molecule has 0 amide bonds. The maximum absolute atomic E-state index is 11.7. The highest BCUT2D eigenvalue weighted by Gasteiger charge is 2.25. The lowest BCUT2D eigenvalue weighted by atomic mass is 9.92. The van der Waals surface area contributed by atoms with Gasteiger partial charge in [0.05, 0.1) is 18.7 Å². The van der Waals surface area contributed by atoms with Crippen LogP contribution in [0, 0.1) is 6.92 Å². The Bertz CT molecular complexity index is 1310. The van der Waals surface area contributed by atoms with E-state index in [1.807, 2.05) is 25.1 Å². The number of aryl methyl sites for hydroxylation is 1. The highest BCUT2D eigenvalue weighted by atomic mass is 16.5. The number of hydrogen-bond acceptors (Lipinski definition) is 5. The molecule has 1 unspecified atom stereocenters. The number of carboxylic acids is 1. The van der Waals surface area contributed by atoms with Crippen molar-refractivity contribution >= 4 is 23.0 Å². The van der Waals surface area contributed by atoms with Crippen LogP contribution in [-0.4, -0.2) is 23.2 Å². The molecule has 1 atom stereocenters. The Kier molecular flexibility index (Phi) is 7.20. The SMILES string of the molecule is CCCC=C1C=C(c2cc(OC)ccn2)Oc2c1cc(C)cc2C(C)Nc1ccccc1C(=O)O. The molecule has 0 saturated carbocycles. The van der Waals surface area contributed by atoms with E-state index in [1.54, 1.807) is 37.6 Å². The number of nitrogens with one attached hydrogen (secondary N) is 1. The minimum Gasteiger partial charge on any atom is -0.497 e. The number of methoxy groups -OCH3 is 1. The van der Waals surface area contributed by atoms with Crippen LogP contribution in [-0.2, 0) is 0 Å². The molecule has 180 valence electrons. The van der Waals surface area contributed by atoms with Crippen molar-refractivity contribution in [2.24, 2.45) is 0 Å². The highest BCUT2D eigenvalue weighted by Crippen LogP contribution is 2.43. The zero-order valence-corrected chi connectivity index (χ0v) is 20.5. The average molecular weight is 471 g/mol. The molecular formula is C29H30N2O4. The predicted molar refractivity (Wildman–Crippen MR) is 139 cm³/mol. The van der Waals surface area contributed by atoms with Crippen molar-refractivity contribution in [1.29, 1.82) is 0 Å². The molecule has 0 fully saturated rings. The van der Waals surface area contributed by atoms with Crippen molar-refractivity contribution in [2.75, 3.05) is 12.4 Å². The zero-order valence-electron chi connectivity index (χ0n) is 20.5. The number of benzene rings is 2. The van der Waals surface area contributed by atoms with Gasteiger partial charge in [-0.3, -0.25) is 4.98 Å². The number of nitrogens with zero attached hydrogens (tertiary/aromatic N) is 1. The predicted octanol–water partition coefficient (Wildman–Crippen LogP) is 6.89. The first-order valence-electron chi connectivity index (χ1n) is 11.7. The van der Waals surface area contributed by atoms with Gasteiger partial charge >= 0.3 is 5.97 Å². The number of pyridine rings is 1. The summed E-state index contributed by atoms with van der Waals surface area (Å²) in [6.45, 7) is 6.22. The number of unbranched alkanes of at least 4 members (excludes halogenated alkanes) is 1. The number of allylic oxidation sites excluding steroid dienone is 3. The molecule has 4 rings (SSSR count). The van der Waals surface area contributed by atoms with E-state index >= 15 is 0 Å². The van der Waals surface area contributed by atoms with Gasteiger partial charge in [0.2, 0.25) is 0 Å². The van der Waals surface area contributed by atoms with Gasteiger partial charge in [0.15, 0.2) is 5.76 Å². The number of carboxylic acid groups (broad SMARTS) is 1. The number of hydrogen-bond donors (Lipinski definition) is 2. The first-order valence-corrected chi connectivity index (χ1v) is 11.7. The fourth-order valence-corrected chi connectivity index (χ4v) is 4.18. The molecule has 0 aliphatic carbocycles. The Morgan fingerprint density at radius 2 is 2.03 bits per heavy atom. The third kappa shape index (κ3) is 5.22. The minimum absolute atomic E-state index is 0.214. The normalized spacial score (nSPS) is 14.5. The third-order valence-corrected chi connectivity index (χ3v) is 5.94. The van der Waals surface area contributed by atoms with Crippen molar-refractivity contribution in [3.8, 4) is 11.5 Å². The van der Waals surface area contributed by atoms with Crippen LogP contribution in [0.25, 0.3) is 11.3 Å². The summed E-state index contributed by atoms with van der Waals surface area (Å²) in [4.78, 5) is 16.2. The number of aromatic carboxylic acids is 1. The molecule has 35 heavy (non-hydrogen) atoms. The third-order valence-electron chi connectivity index (χ3n) is 5.94. The summed E-state index contributed by atoms with van der Waals surface area (Å²) in [5, 5.41) is 13.0. The van der Waals surface area contributed by atoms with Gasteiger partial charge in [-0.25, -0.2) is 4.79 Å². The minimum atomic E-state index is -0.970. The van der Waals surface area contributed by atoms with Gasteiger partial charge in [-0.2, -0.15) is 0 Å². The second-order valence-corrected chi connectivity index (χ2v) is 8.59. The Morgan fingerprint density at radius 1 is 1.23 bits per heavy atom. The number of ether oxygens (including phenoxy) is 2. The van der Waals surface area contributed by atoms with Crippen molar-refractivity contribution in [3.63, 3.8) is 0 Å². The van der Waals surface area contributed by atoms with Crippen molar-refractivity contribution in [2.45, 2.75) is 39.7 Å². The van der Waals surface area contributed by atoms with E-state index in [2.05, 4.69) is 42.4 Å². The molecule has 3 aromatic rings. The average Bonchev–Trinajstić information content (AvgIpc) is 2.87. The van der Waals surface area contributed by atoms with Crippen molar-refractivity contribution in [3.05, 3.63) is 94.8 Å². The number of aromatic nitrogens is 1. The smallest absolute Gasteiger partial charge is 0.337 e. The van der Waals surface area contributed by atoms with E-state index in [-0.39, 0.29) is 11.6 Å².